The van der Waals surface area contributed by atoms with Gasteiger partial charge >= 0.3 is 0 Å². The number of carbonyl (C=O) groups is 2. The largest absolute Gasteiger partial charge is 0.367 e. The zero-order valence-corrected chi connectivity index (χ0v) is 13.7. The summed E-state index contributed by atoms with van der Waals surface area (Å²) in [7, 11) is 1.73. The molecule has 0 radical (unpaired) electrons. The second kappa shape index (κ2) is 6.35. The third-order valence-electron chi connectivity index (χ3n) is 4.53. The number of nitrogens with zero attached hydrogens (tertiary/aromatic N) is 3. The van der Waals surface area contributed by atoms with Crippen LogP contribution in [0, 0.1) is 11.7 Å². The highest BCUT2D eigenvalue weighted by atomic mass is 35.5. The lowest BCUT2D eigenvalue weighted by Gasteiger charge is -2.37. The molecule has 5 nitrogen and oxygen atoms in total. The summed E-state index contributed by atoms with van der Waals surface area (Å²) in [6, 6.07) is 4.35. The molecular weight excluding hydrogens is 321 g/mol. The van der Waals surface area contributed by atoms with Gasteiger partial charge in [-0.15, -0.1) is 0 Å². The Morgan fingerprint density at radius 2 is 1.96 bits per heavy atom. The Morgan fingerprint density at radius 1 is 1.26 bits per heavy atom. The molecule has 2 fully saturated rings. The zero-order chi connectivity index (χ0) is 16.6. The molecule has 0 bridgehead atoms. The summed E-state index contributed by atoms with van der Waals surface area (Å²) in [4.78, 5) is 29.5. The molecule has 2 heterocycles. The van der Waals surface area contributed by atoms with Gasteiger partial charge in [-0.2, -0.15) is 0 Å². The maximum Gasteiger partial charge on any atom is 0.228 e. The molecule has 1 aromatic carbocycles. The van der Waals surface area contributed by atoms with Gasteiger partial charge in [0.1, 0.15) is 5.82 Å². The van der Waals surface area contributed by atoms with Crippen LogP contribution in [0.5, 0.6) is 0 Å². The third kappa shape index (κ3) is 3.27. The first-order valence-electron chi connectivity index (χ1n) is 7.68. The molecule has 23 heavy (non-hydrogen) atoms. The maximum atomic E-state index is 13.1. The van der Waals surface area contributed by atoms with Crippen LogP contribution < -0.4 is 4.90 Å². The summed E-state index contributed by atoms with van der Waals surface area (Å²) < 4.78 is 13.1. The fourth-order valence-electron chi connectivity index (χ4n) is 3.19. The van der Waals surface area contributed by atoms with Crippen molar-refractivity contribution in [3.05, 3.63) is 29.0 Å². The molecular formula is C16H19ClFN3O2. The van der Waals surface area contributed by atoms with Crippen LogP contribution in [0.3, 0.4) is 0 Å². The van der Waals surface area contributed by atoms with E-state index in [1.165, 1.54) is 12.1 Å². The average Bonchev–Trinajstić information content (AvgIpc) is 2.86. The van der Waals surface area contributed by atoms with Crippen molar-refractivity contribution in [3.63, 3.8) is 0 Å². The molecule has 2 saturated heterocycles. The number of hydrogen-bond donors (Lipinski definition) is 0. The van der Waals surface area contributed by atoms with Gasteiger partial charge in [-0.3, -0.25) is 9.59 Å². The Balaban J connectivity index is 1.60. The first-order chi connectivity index (χ1) is 11.0. The van der Waals surface area contributed by atoms with Crippen molar-refractivity contribution < 1.29 is 14.0 Å². The number of likely N-dealkylation sites (tertiary alicyclic amines) is 1. The molecule has 0 N–H and O–H groups in total. The van der Waals surface area contributed by atoms with Gasteiger partial charge < -0.3 is 14.7 Å². The van der Waals surface area contributed by atoms with Crippen molar-refractivity contribution in [2.45, 2.75) is 6.42 Å². The van der Waals surface area contributed by atoms with Gasteiger partial charge in [0.05, 0.1) is 16.6 Å². The van der Waals surface area contributed by atoms with E-state index in [1.807, 2.05) is 4.90 Å². The van der Waals surface area contributed by atoms with E-state index in [2.05, 4.69) is 4.90 Å². The van der Waals surface area contributed by atoms with E-state index in [9.17, 15) is 14.0 Å². The summed E-state index contributed by atoms with van der Waals surface area (Å²) in [5.74, 6) is -0.510. The number of carbonyl (C=O) groups excluding carboxylic acids is 2. The Hall–Kier alpha value is -1.82. The van der Waals surface area contributed by atoms with E-state index in [4.69, 9.17) is 11.6 Å². The van der Waals surface area contributed by atoms with Gasteiger partial charge in [-0.25, -0.2) is 4.39 Å². The van der Waals surface area contributed by atoms with Crippen molar-refractivity contribution in [2.75, 3.05) is 44.7 Å². The number of rotatable bonds is 2. The monoisotopic (exact) mass is 339 g/mol. The first kappa shape index (κ1) is 16.1. The van der Waals surface area contributed by atoms with Crippen molar-refractivity contribution in [3.8, 4) is 0 Å². The molecule has 0 aromatic heterocycles. The standard InChI is InChI=1S/C16H19ClFN3O2/c1-19-10-11(8-15(19)22)16(23)21-6-4-20(5-7-21)14-3-2-12(18)9-13(14)17/h2-3,9,11H,4-8,10H2,1H3. The van der Waals surface area contributed by atoms with Gasteiger partial charge in [0.25, 0.3) is 0 Å². The summed E-state index contributed by atoms with van der Waals surface area (Å²) in [5.41, 5.74) is 0.788. The van der Waals surface area contributed by atoms with Crippen molar-refractivity contribution in [1.29, 1.82) is 0 Å². The normalized spacial score (nSPS) is 22.0. The van der Waals surface area contributed by atoms with Crippen molar-refractivity contribution >= 4 is 29.1 Å². The smallest absolute Gasteiger partial charge is 0.228 e. The number of anilines is 1. The van der Waals surface area contributed by atoms with Crippen LogP contribution in [0.4, 0.5) is 10.1 Å². The molecule has 2 aliphatic rings. The van der Waals surface area contributed by atoms with Crippen LogP contribution in [-0.4, -0.2) is 61.4 Å². The van der Waals surface area contributed by atoms with Crippen LogP contribution in [0.2, 0.25) is 5.02 Å². The molecule has 2 amide bonds. The molecule has 2 aliphatic heterocycles. The third-order valence-corrected chi connectivity index (χ3v) is 4.83. The van der Waals surface area contributed by atoms with Gasteiger partial charge in [0.15, 0.2) is 0 Å². The maximum absolute atomic E-state index is 13.1. The molecule has 1 aromatic rings. The number of amides is 2. The number of benzene rings is 1. The highest BCUT2D eigenvalue weighted by Crippen LogP contribution is 2.28. The van der Waals surface area contributed by atoms with E-state index < -0.39 is 0 Å². The van der Waals surface area contributed by atoms with E-state index in [1.54, 1.807) is 18.0 Å². The molecule has 3 rings (SSSR count). The number of piperazine rings is 1. The molecule has 0 spiro atoms. The molecule has 124 valence electrons. The molecule has 1 atom stereocenters. The lowest BCUT2D eigenvalue weighted by atomic mass is 10.1. The van der Waals surface area contributed by atoms with E-state index in [0.717, 1.165) is 5.69 Å². The minimum absolute atomic E-state index is 0.0279. The highest BCUT2D eigenvalue weighted by Gasteiger charge is 2.35. The second-order valence-electron chi connectivity index (χ2n) is 6.08. The zero-order valence-electron chi connectivity index (χ0n) is 13.0. The van der Waals surface area contributed by atoms with Crippen LogP contribution in [0.15, 0.2) is 18.2 Å². The quantitative estimate of drug-likeness (QED) is 0.822. The predicted molar refractivity (Wildman–Crippen MR) is 85.9 cm³/mol. The SMILES string of the molecule is CN1CC(C(=O)N2CCN(c3ccc(F)cc3Cl)CC2)CC1=O. The average molecular weight is 340 g/mol. The van der Waals surface area contributed by atoms with Crippen molar-refractivity contribution in [2.24, 2.45) is 5.92 Å². The lowest BCUT2D eigenvalue weighted by molar-refractivity contribution is -0.136. The molecule has 7 heteroatoms. The van der Waals surface area contributed by atoms with Gasteiger partial charge in [0, 0.05) is 46.2 Å². The Morgan fingerprint density at radius 3 is 2.52 bits per heavy atom. The molecule has 0 aliphatic carbocycles. The van der Waals surface area contributed by atoms with Crippen LogP contribution >= 0.6 is 11.6 Å². The van der Waals surface area contributed by atoms with Gasteiger partial charge in [-0.05, 0) is 18.2 Å². The van der Waals surface area contributed by atoms with Gasteiger partial charge in [-0.1, -0.05) is 11.6 Å². The predicted octanol–water partition coefficient (Wildman–Crippen LogP) is 1.61. The van der Waals surface area contributed by atoms with Crippen molar-refractivity contribution in [1.82, 2.24) is 9.80 Å². The van der Waals surface area contributed by atoms with E-state index >= 15 is 0 Å². The fourth-order valence-corrected chi connectivity index (χ4v) is 3.48. The Kier molecular flexibility index (Phi) is 4.43. The van der Waals surface area contributed by atoms with Crippen LogP contribution in [-0.2, 0) is 9.59 Å². The minimum Gasteiger partial charge on any atom is -0.367 e. The highest BCUT2D eigenvalue weighted by molar-refractivity contribution is 6.33. The van der Waals surface area contributed by atoms with E-state index in [0.29, 0.717) is 44.2 Å². The van der Waals surface area contributed by atoms with Crippen LogP contribution in [0.25, 0.3) is 0 Å². The minimum atomic E-state index is -0.359. The number of halogens is 2. The Labute approximate surface area is 139 Å². The summed E-state index contributed by atoms with van der Waals surface area (Å²) in [5, 5.41) is 0.382. The fraction of sp³-hybridized carbons (Fsp3) is 0.500. The summed E-state index contributed by atoms with van der Waals surface area (Å²) in [6.07, 6.45) is 0.305. The Bertz CT molecular complexity index is 632. The van der Waals surface area contributed by atoms with E-state index in [-0.39, 0.29) is 23.5 Å². The summed E-state index contributed by atoms with van der Waals surface area (Å²) in [6.45, 7) is 2.96. The second-order valence-corrected chi connectivity index (χ2v) is 6.49. The lowest BCUT2D eigenvalue weighted by Crippen LogP contribution is -2.50. The summed E-state index contributed by atoms with van der Waals surface area (Å²) >= 11 is 6.09. The van der Waals surface area contributed by atoms with Crippen LogP contribution in [0.1, 0.15) is 6.42 Å². The molecule has 0 saturated carbocycles. The molecule has 1 unspecified atom stereocenters. The first-order valence-corrected chi connectivity index (χ1v) is 8.06. The topological polar surface area (TPSA) is 43.9 Å². The van der Waals surface area contributed by atoms with Gasteiger partial charge in [0.2, 0.25) is 11.8 Å². The number of hydrogen-bond acceptors (Lipinski definition) is 3.